The summed E-state index contributed by atoms with van der Waals surface area (Å²) in [6.07, 6.45) is 1.64. The summed E-state index contributed by atoms with van der Waals surface area (Å²) in [5.74, 6) is 0.798. The van der Waals surface area contributed by atoms with Crippen molar-refractivity contribution in [2.45, 2.75) is 25.8 Å². The van der Waals surface area contributed by atoms with Gasteiger partial charge in [0.05, 0.1) is 7.11 Å². The maximum Gasteiger partial charge on any atom is 0.262 e. The second-order valence-electron chi connectivity index (χ2n) is 6.77. The van der Waals surface area contributed by atoms with Gasteiger partial charge in [0.2, 0.25) is 5.91 Å². The molecule has 0 bridgehead atoms. The third kappa shape index (κ3) is 5.48. The van der Waals surface area contributed by atoms with E-state index in [1.54, 1.807) is 43.2 Å². The van der Waals surface area contributed by atoms with Gasteiger partial charge in [-0.05, 0) is 49.2 Å². The van der Waals surface area contributed by atoms with Gasteiger partial charge in [-0.2, -0.15) is 0 Å². The lowest BCUT2D eigenvalue weighted by Gasteiger charge is -2.33. The van der Waals surface area contributed by atoms with Gasteiger partial charge >= 0.3 is 0 Å². The summed E-state index contributed by atoms with van der Waals surface area (Å²) in [5.41, 5.74) is 1.45. The lowest BCUT2D eigenvalue weighted by Crippen LogP contribution is -2.42. The summed E-state index contributed by atoms with van der Waals surface area (Å²) >= 11 is 0. The molecule has 7 nitrogen and oxygen atoms in total. The number of hydrogen-bond acceptors (Lipinski definition) is 5. The highest BCUT2D eigenvalue weighted by atomic mass is 16.5. The molecule has 29 heavy (non-hydrogen) atoms. The Morgan fingerprint density at radius 3 is 2.34 bits per heavy atom. The highest BCUT2D eigenvalue weighted by Crippen LogP contribution is 2.26. The van der Waals surface area contributed by atoms with Crippen molar-refractivity contribution in [1.82, 2.24) is 0 Å². The van der Waals surface area contributed by atoms with E-state index in [1.165, 1.54) is 0 Å². The van der Waals surface area contributed by atoms with Crippen molar-refractivity contribution in [2.75, 3.05) is 37.1 Å². The van der Waals surface area contributed by atoms with Crippen LogP contribution < -0.4 is 19.7 Å². The van der Waals surface area contributed by atoms with E-state index in [1.807, 2.05) is 24.3 Å². The Balaban J connectivity index is 1.59. The van der Waals surface area contributed by atoms with Gasteiger partial charge in [0, 0.05) is 37.6 Å². The van der Waals surface area contributed by atoms with Crippen LogP contribution in [0.5, 0.6) is 11.5 Å². The number of benzene rings is 2. The molecule has 0 spiro atoms. The van der Waals surface area contributed by atoms with Crippen molar-refractivity contribution >= 4 is 23.2 Å². The molecule has 1 aliphatic heterocycles. The van der Waals surface area contributed by atoms with Crippen LogP contribution in [0.4, 0.5) is 11.4 Å². The molecular formula is C22H26N2O5. The molecule has 3 rings (SSSR count). The SMILES string of the molecule is COc1ccccc1OCC(=O)Nc1ccc(N(C(C)=O)C2CCOCC2)cc1. The number of rotatable bonds is 7. The third-order valence-electron chi connectivity index (χ3n) is 4.75. The molecule has 0 aromatic heterocycles. The molecule has 154 valence electrons. The van der Waals surface area contributed by atoms with Crippen molar-refractivity contribution in [3.05, 3.63) is 48.5 Å². The Morgan fingerprint density at radius 1 is 1.07 bits per heavy atom. The molecule has 1 aliphatic rings. The zero-order chi connectivity index (χ0) is 20.6. The minimum absolute atomic E-state index is 0.00102. The molecule has 2 amide bonds. The highest BCUT2D eigenvalue weighted by Gasteiger charge is 2.24. The fourth-order valence-corrected chi connectivity index (χ4v) is 3.38. The molecule has 2 aromatic rings. The number of hydrogen-bond donors (Lipinski definition) is 1. The van der Waals surface area contributed by atoms with Crippen molar-refractivity contribution in [2.24, 2.45) is 0 Å². The quantitative estimate of drug-likeness (QED) is 0.775. The van der Waals surface area contributed by atoms with Gasteiger partial charge in [0.25, 0.3) is 5.91 Å². The van der Waals surface area contributed by atoms with Crippen LogP contribution in [0.15, 0.2) is 48.5 Å². The molecule has 0 saturated carbocycles. The van der Waals surface area contributed by atoms with Crippen LogP contribution in [0, 0.1) is 0 Å². The van der Waals surface area contributed by atoms with Gasteiger partial charge in [0.15, 0.2) is 18.1 Å². The summed E-state index contributed by atoms with van der Waals surface area (Å²) in [7, 11) is 1.55. The standard InChI is InChI=1S/C22H26N2O5/c1-16(25)24(19-11-13-28-14-12-19)18-9-7-17(8-10-18)23-22(26)15-29-21-6-4-3-5-20(21)27-2/h3-10,19H,11-15H2,1-2H3,(H,23,26). The first-order valence-electron chi connectivity index (χ1n) is 9.61. The predicted octanol–water partition coefficient (Wildman–Crippen LogP) is 3.24. The van der Waals surface area contributed by atoms with Crippen molar-refractivity contribution in [1.29, 1.82) is 0 Å². The lowest BCUT2D eigenvalue weighted by atomic mass is 10.1. The zero-order valence-corrected chi connectivity index (χ0v) is 16.7. The van der Waals surface area contributed by atoms with Crippen LogP contribution >= 0.6 is 0 Å². The minimum atomic E-state index is -0.281. The van der Waals surface area contributed by atoms with Crippen LogP contribution in [0.25, 0.3) is 0 Å². The molecule has 0 aliphatic carbocycles. The molecule has 1 saturated heterocycles. The number of ether oxygens (including phenoxy) is 3. The van der Waals surface area contributed by atoms with E-state index in [0.29, 0.717) is 30.4 Å². The number of anilines is 2. The summed E-state index contributed by atoms with van der Waals surface area (Å²) in [5, 5.41) is 2.80. The largest absolute Gasteiger partial charge is 0.493 e. The maximum atomic E-state index is 12.2. The Kier molecular flexibility index (Phi) is 7.08. The third-order valence-corrected chi connectivity index (χ3v) is 4.75. The molecule has 0 unspecified atom stereocenters. The molecule has 2 aromatic carbocycles. The summed E-state index contributed by atoms with van der Waals surface area (Å²) < 4.78 is 16.1. The average Bonchev–Trinajstić information content (AvgIpc) is 2.74. The van der Waals surface area contributed by atoms with Crippen molar-refractivity contribution in [3.8, 4) is 11.5 Å². The normalized spacial score (nSPS) is 14.1. The number of nitrogens with one attached hydrogen (secondary N) is 1. The molecule has 0 atom stereocenters. The van der Waals surface area contributed by atoms with Gasteiger partial charge < -0.3 is 24.4 Å². The predicted molar refractivity (Wildman–Crippen MR) is 111 cm³/mol. The van der Waals surface area contributed by atoms with Crippen LogP contribution in [0.1, 0.15) is 19.8 Å². The summed E-state index contributed by atoms with van der Waals surface area (Å²) in [6, 6.07) is 14.5. The highest BCUT2D eigenvalue weighted by molar-refractivity contribution is 5.94. The first-order chi connectivity index (χ1) is 14.1. The number of carbonyl (C=O) groups is 2. The fourth-order valence-electron chi connectivity index (χ4n) is 3.38. The first kappa shape index (κ1) is 20.7. The van der Waals surface area contributed by atoms with Gasteiger partial charge in [0.1, 0.15) is 0 Å². The monoisotopic (exact) mass is 398 g/mol. The van der Waals surface area contributed by atoms with E-state index in [4.69, 9.17) is 14.2 Å². The molecule has 7 heteroatoms. The average molecular weight is 398 g/mol. The Bertz CT molecular complexity index is 831. The van der Waals surface area contributed by atoms with Crippen molar-refractivity contribution in [3.63, 3.8) is 0 Å². The summed E-state index contributed by atoms with van der Waals surface area (Å²) in [6.45, 7) is 2.76. The van der Waals surface area contributed by atoms with Gasteiger partial charge in [-0.15, -0.1) is 0 Å². The maximum absolute atomic E-state index is 12.2. The zero-order valence-electron chi connectivity index (χ0n) is 16.7. The van der Waals surface area contributed by atoms with E-state index in [9.17, 15) is 9.59 Å². The number of amides is 2. The molecule has 1 N–H and O–H groups in total. The lowest BCUT2D eigenvalue weighted by molar-refractivity contribution is -0.118. The molecule has 1 heterocycles. The fraction of sp³-hybridized carbons (Fsp3) is 0.364. The smallest absolute Gasteiger partial charge is 0.262 e. The van der Waals surface area contributed by atoms with E-state index >= 15 is 0 Å². The van der Waals surface area contributed by atoms with Crippen LogP contribution in [-0.4, -0.2) is 44.8 Å². The van der Waals surface area contributed by atoms with Crippen LogP contribution in [0.2, 0.25) is 0 Å². The van der Waals surface area contributed by atoms with Gasteiger partial charge in [-0.25, -0.2) is 0 Å². The van der Waals surface area contributed by atoms with E-state index < -0.39 is 0 Å². The number of para-hydroxylation sites is 2. The van der Waals surface area contributed by atoms with Gasteiger partial charge in [-0.1, -0.05) is 12.1 Å². The minimum Gasteiger partial charge on any atom is -0.493 e. The molecule has 0 radical (unpaired) electrons. The van der Waals surface area contributed by atoms with Crippen molar-refractivity contribution < 1.29 is 23.8 Å². The number of nitrogens with zero attached hydrogens (tertiary/aromatic N) is 1. The van der Waals surface area contributed by atoms with Crippen LogP contribution in [-0.2, 0) is 14.3 Å². The topological polar surface area (TPSA) is 77.1 Å². The second kappa shape index (κ2) is 9.93. The van der Waals surface area contributed by atoms with Gasteiger partial charge in [-0.3, -0.25) is 9.59 Å². The Hall–Kier alpha value is -3.06. The Labute approximate surface area is 170 Å². The number of methoxy groups -OCH3 is 1. The Morgan fingerprint density at radius 2 is 1.72 bits per heavy atom. The number of carbonyl (C=O) groups excluding carboxylic acids is 2. The van der Waals surface area contributed by atoms with E-state index in [2.05, 4.69) is 5.32 Å². The second-order valence-corrected chi connectivity index (χ2v) is 6.77. The van der Waals surface area contributed by atoms with E-state index in [0.717, 1.165) is 18.5 Å². The summed E-state index contributed by atoms with van der Waals surface area (Å²) in [4.78, 5) is 26.2. The molecular weight excluding hydrogens is 372 g/mol. The van der Waals surface area contributed by atoms with Crippen LogP contribution in [0.3, 0.4) is 0 Å². The van der Waals surface area contributed by atoms with E-state index in [-0.39, 0.29) is 24.5 Å². The first-order valence-corrected chi connectivity index (χ1v) is 9.61. The molecule has 1 fully saturated rings.